The van der Waals surface area contributed by atoms with E-state index in [0.717, 1.165) is 35.0 Å². The number of hydrogen-bond acceptors (Lipinski definition) is 6. The zero-order valence-corrected chi connectivity index (χ0v) is 14.7. The van der Waals surface area contributed by atoms with E-state index in [1.807, 2.05) is 31.2 Å². The zero-order valence-electron chi connectivity index (χ0n) is 14.7. The van der Waals surface area contributed by atoms with Crippen LogP contribution in [0.5, 0.6) is 0 Å². The molecule has 0 spiro atoms. The second-order valence-electron chi connectivity index (χ2n) is 6.64. The number of nitriles is 1. The third kappa shape index (κ3) is 2.65. The standard InChI is InChI=1S/C19H20N6O/c1-3-21-15-7-16(24-18-17(15)12(8-20)9-22-18)23-13-4-5-14-11(6-13)10-25(2)19(14)26/h4-7,9,15,17,21,23H,3,10H2,1-2H3,(H,22,24). The van der Waals surface area contributed by atoms with E-state index < -0.39 is 0 Å². The van der Waals surface area contributed by atoms with Gasteiger partial charge in [-0.3, -0.25) is 4.79 Å². The van der Waals surface area contributed by atoms with Gasteiger partial charge in [0.05, 0.1) is 17.6 Å². The number of benzene rings is 1. The van der Waals surface area contributed by atoms with Crippen molar-refractivity contribution < 1.29 is 4.79 Å². The molecule has 0 aromatic heterocycles. The molecule has 1 aromatic carbocycles. The van der Waals surface area contributed by atoms with Crippen LogP contribution in [0.15, 0.2) is 46.9 Å². The smallest absolute Gasteiger partial charge is 0.254 e. The van der Waals surface area contributed by atoms with Gasteiger partial charge in [-0.1, -0.05) is 6.92 Å². The van der Waals surface area contributed by atoms with Crippen molar-refractivity contribution in [2.24, 2.45) is 10.9 Å². The Morgan fingerprint density at radius 3 is 3.08 bits per heavy atom. The molecule has 0 saturated heterocycles. The number of carbonyl (C=O) groups excluding carboxylic acids is 1. The third-order valence-electron chi connectivity index (χ3n) is 4.88. The fourth-order valence-electron chi connectivity index (χ4n) is 3.66. The number of likely N-dealkylation sites (N-methyl/N-ethyl adjacent to an activating group) is 1. The number of amides is 1. The third-order valence-corrected chi connectivity index (χ3v) is 4.88. The van der Waals surface area contributed by atoms with E-state index in [-0.39, 0.29) is 17.9 Å². The van der Waals surface area contributed by atoms with Crippen molar-refractivity contribution in [3.63, 3.8) is 0 Å². The van der Waals surface area contributed by atoms with E-state index in [4.69, 9.17) is 0 Å². The first-order valence-electron chi connectivity index (χ1n) is 8.66. The second kappa shape index (κ2) is 6.32. The number of hydrogen-bond donors (Lipinski definition) is 3. The van der Waals surface area contributed by atoms with E-state index in [9.17, 15) is 10.1 Å². The Hall–Kier alpha value is -3.11. The van der Waals surface area contributed by atoms with Crippen LogP contribution in [0.2, 0.25) is 0 Å². The molecular weight excluding hydrogens is 328 g/mol. The Balaban J connectivity index is 1.58. The molecule has 0 saturated carbocycles. The number of fused-ring (bicyclic) bond motifs is 2. The summed E-state index contributed by atoms with van der Waals surface area (Å²) in [5, 5.41) is 19.4. The lowest BCUT2D eigenvalue weighted by Gasteiger charge is -2.30. The van der Waals surface area contributed by atoms with E-state index in [0.29, 0.717) is 12.1 Å². The van der Waals surface area contributed by atoms with Crippen LogP contribution in [-0.2, 0) is 6.54 Å². The Labute approximate surface area is 152 Å². The van der Waals surface area contributed by atoms with Crippen molar-refractivity contribution in [3.8, 4) is 6.07 Å². The first-order valence-corrected chi connectivity index (χ1v) is 8.66. The van der Waals surface area contributed by atoms with Crippen molar-refractivity contribution in [1.82, 2.24) is 15.5 Å². The van der Waals surface area contributed by atoms with Crippen molar-refractivity contribution >= 4 is 17.4 Å². The predicted molar refractivity (Wildman–Crippen MR) is 99.2 cm³/mol. The number of carbonyl (C=O) groups is 1. The molecule has 7 nitrogen and oxygen atoms in total. The van der Waals surface area contributed by atoms with Gasteiger partial charge in [0.1, 0.15) is 11.7 Å². The maximum atomic E-state index is 12.0. The highest BCUT2D eigenvalue weighted by molar-refractivity contribution is 5.98. The lowest BCUT2D eigenvalue weighted by atomic mass is 9.90. The number of nitrogens with one attached hydrogen (secondary N) is 3. The summed E-state index contributed by atoms with van der Waals surface area (Å²) >= 11 is 0. The van der Waals surface area contributed by atoms with Crippen molar-refractivity contribution in [1.29, 1.82) is 5.26 Å². The van der Waals surface area contributed by atoms with Crippen LogP contribution in [0.1, 0.15) is 22.8 Å². The molecule has 0 radical (unpaired) electrons. The van der Waals surface area contributed by atoms with Gasteiger partial charge in [-0.15, -0.1) is 0 Å². The number of rotatable bonds is 4. The second-order valence-corrected chi connectivity index (χ2v) is 6.64. The molecular formula is C19H20N6O. The first-order chi connectivity index (χ1) is 12.6. The first kappa shape index (κ1) is 16.4. The lowest BCUT2D eigenvalue weighted by molar-refractivity contribution is 0.0816. The molecule has 2 atom stereocenters. The van der Waals surface area contributed by atoms with E-state index in [2.05, 4.69) is 27.0 Å². The summed E-state index contributed by atoms with van der Waals surface area (Å²) in [4.78, 5) is 18.1. The molecule has 4 rings (SSSR count). The minimum Gasteiger partial charge on any atom is -0.342 e. The molecule has 3 heterocycles. The number of amidine groups is 1. The average Bonchev–Trinajstić information content (AvgIpc) is 3.16. The molecule has 0 aliphatic carbocycles. The molecule has 3 aliphatic heterocycles. The topological polar surface area (TPSA) is 92.5 Å². The van der Waals surface area contributed by atoms with Crippen LogP contribution >= 0.6 is 0 Å². The summed E-state index contributed by atoms with van der Waals surface area (Å²) in [6.45, 7) is 3.46. The van der Waals surface area contributed by atoms with Gasteiger partial charge in [0.25, 0.3) is 5.91 Å². The average molecular weight is 348 g/mol. The number of aliphatic imine (C=N–C) groups is 1. The maximum Gasteiger partial charge on any atom is 0.254 e. The SMILES string of the molecule is CCNC1C=C(Nc2ccc3c(c2)CN(C)C3=O)NC2=NC=C(C#N)C21. The normalized spacial score (nSPS) is 23.3. The highest BCUT2D eigenvalue weighted by atomic mass is 16.2. The van der Waals surface area contributed by atoms with Crippen LogP contribution < -0.4 is 16.0 Å². The van der Waals surface area contributed by atoms with Crippen LogP contribution in [-0.4, -0.2) is 36.3 Å². The molecule has 1 aromatic rings. The van der Waals surface area contributed by atoms with Gasteiger partial charge in [0.15, 0.2) is 0 Å². The molecule has 132 valence electrons. The number of anilines is 1. The summed E-state index contributed by atoms with van der Waals surface area (Å²) in [6, 6.07) is 8.00. The summed E-state index contributed by atoms with van der Waals surface area (Å²) in [5.74, 6) is 1.58. The maximum absolute atomic E-state index is 12.0. The van der Waals surface area contributed by atoms with E-state index in [1.54, 1.807) is 18.1 Å². The minimum atomic E-state index is -0.0724. The molecule has 0 fully saturated rings. The molecule has 2 unspecified atom stereocenters. The zero-order chi connectivity index (χ0) is 18.3. The Morgan fingerprint density at radius 1 is 1.46 bits per heavy atom. The summed E-state index contributed by atoms with van der Waals surface area (Å²) in [7, 11) is 1.81. The predicted octanol–water partition coefficient (Wildman–Crippen LogP) is 1.54. The minimum absolute atomic E-state index is 0.00182. The summed E-state index contributed by atoms with van der Waals surface area (Å²) < 4.78 is 0. The van der Waals surface area contributed by atoms with Gasteiger partial charge in [0, 0.05) is 37.1 Å². The van der Waals surface area contributed by atoms with Gasteiger partial charge < -0.3 is 20.9 Å². The van der Waals surface area contributed by atoms with Crippen LogP contribution in [0.25, 0.3) is 0 Å². The van der Waals surface area contributed by atoms with Crippen LogP contribution in [0.3, 0.4) is 0 Å². The van der Waals surface area contributed by atoms with Crippen molar-refractivity contribution in [2.45, 2.75) is 19.5 Å². The van der Waals surface area contributed by atoms with Gasteiger partial charge in [-0.2, -0.15) is 5.26 Å². The van der Waals surface area contributed by atoms with Gasteiger partial charge in [-0.05, 0) is 36.4 Å². The largest absolute Gasteiger partial charge is 0.342 e. The highest BCUT2D eigenvalue weighted by Gasteiger charge is 2.35. The molecule has 26 heavy (non-hydrogen) atoms. The monoisotopic (exact) mass is 348 g/mol. The van der Waals surface area contributed by atoms with Crippen molar-refractivity contribution in [3.05, 3.63) is 53.0 Å². The fraction of sp³-hybridized carbons (Fsp3) is 0.316. The van der Waals surface area contributed by atoms with Crippen LogP contribution in [0, 0.1) is 17.2 Å². The van der Waals surface area contributed by atoms with Crippen LogP contribution in [0.4, 0.5) is 5.69 Å². The summed E-state index contributed by atoms with van der Waals surface area (Å²) in [6.07, 6.45) is 3.68. The molecule has 3 N–H and O–H groups in total. The van der Waals surface area contributed by atoms with Gasteiger partial charge in [-0.25, -0.2) is 4.99 Å². The number of nitrogens with zero attached hydrogens (tertiary/aromatic N) is 3. The molecule has 0 bridgehead atoms. The quantitative estimate of drug-likeness (QED) is 0.768. The van der Waals surface area contributed by atoms with Crippen molar-refractivity contribution in [2.75, 3.05) is 18.9 Å². The summed E-state index contributed by atoms with van der Waals surface area (Å²) in [5.41, 5.74) is 3.35. The highest BCUT2D eigenvalue weighted by Crippen LogP contribution is 2.29. The molecule has 7 heteroatoms. The van der Waals surface area contributed by atoms with E-state index in [1.165, 1.54) is 0 Å². The molecule has 1 amide bonds. The van der Waals surface area contributed by atoms with E-state index >= 15 is 0 Å². The Kier molecular flexibility index (Phi) is 3.98. The fourth-order valence-corrected chi connectivity index (χ4v) is 3.66. The lowest BCUT2D eigenvalue weighted by Crippen LogP contribution is -2.48. The Bertz CT molecular complexity index is 907. The molecule has 3 aliphatic rings. The van der Waals surface area contributed by atoms with Gasteiger partial charge >= 0.3 is 0 Å². The Morgan fingerprint density at radius 2 is 2.31 bits per heavy atom. The van der Waals surface area contributed by atoms with Gasteiger partial charge in [0.2, 0.25) is 0 Å².